The molecule has 0 aromatic heterocycles. The molecule has 0 saturated carbocycles. The predicted molar refractivity (Wildman–Crippen MR) is 71.4 cm³/mol. The Labute approximate surface area is 111 Å². The van der Waals surface area contributed by atoms with E-state index >= 15 is 0 Å². The molecule has 1 aliphatic carbocycles. The number of nitrogens with zero attached hydrogens (tertiary/aromatic N) is 1. The highest BCUT2D eigenvalue weighted by Crippen LogP contribution is 2.50. The van der Waals surface area contributed by atoms with Crippen molar-refractivity contribution in [3.8, 4) is 0 Å². The molecule has 1 heterocycles. The molecule has 3 rings (SSSR count). The standard InChI is InChI=1S/C14H19F2N3/c1-19-5-4-18-13(8-19)11-7-14(15,16)12-6-9(17)2-3-10(11)12/h2-3,6,11,13,18H,4-5,7-8,17H2,1H3. The van der Waals surface area contributed by atoms with E-state index in [9.17, 15) is 8.78 Å². The van der Waals surface area contributed by atoms with E-state index in [-0.39, 0.29) is 23.9 Å². The smallest absolute Gasteiger partial charge is 0.274 e. The monoisotopic (exact) mass is 267 g/mol. The lowest BCUT2D eigenvalue weighted by Crippen LogP contribution is -2.51. The Kier molecular flexibility index (Phi) is 2.98. The maximum absolute atomic E-state index is 14.1. The molecule has 1 saturated heterocycles. The number of halogens is 2. The summed E-state index contributed by atoms with van der Waals surface area (Å²) in [5.74, 6) is -2.89. The summed E-state index contributed by atoms with van der Waals surface area (Å²) in [6.07, 6.45) is -0.114. The van der Waals surface area contributed by atoms with Gasteiger partial charge in [0, 0.05) is 49.3 Å². The highest BCUT2D eigenvalue weighted by molar-refractivity contribution is 5.50. The maximum Gasteiger partial charge on any atom is 0.274 e. The quantitative estimate of drug-likeness (QED) is 0.762. The highest BCUT2D eigenvalue weighted by atomic mass is 19.3. The summed E-state index contributed by atoms with van der Waals surface area (Å²) in [6, 6.07) is 5.02. The minimum absolute atomic E-state index is 0.0921. The third kappa shape index (κ3) is 2.21. The number of nitrogens with two attached hydrogens (primary N) is 1. The van der Waals surface area contributed by atoms with Crippen LogP contribution in [0, 0.1) is 0 Å². The van der Waals surface area contributed by atoms with Crippen LogP contribution in [-0.4, -0.2) is 37.6 Å². The fourth-order valence-corrected chi connectivity index (χ4v) is 3.27. The zero-order valence-corrected chi connectivity index (χ0v) is 11.0. The van der Waals surface area contributed by atoms with E-state index in [0.717, 1.165) is 25.2 Å². The van der Waals surface area contributed by atoms with Crippen molar-refractivity contribution in [2.24, 2.45) is 0 Å². The van der Waals surface area contributed by atoms with Gasteiger partial charge in [-0.15, -0.1) is 0 Å². The zero-order valence-electron chi connectivity index (χ0n) is 11.0. The van der Waals surface area contributed by atoms with Gasteiger partial charge in [0.2, 0.25) is 0 Å². The summed E-state index contributed by atoms with van der Waals surface area (Å²) in [5, 5.41) is 3.38. The van der Waals surface area contributed by atoms with Crippen LogP contribution in [0.25, 0.3) is 0 Å². The average molecular weight is 267 g/mol. The first-order valence-corrected chi connectivity index (χ1v) is 6.67. The van der Waals surface area contributed by atoms with Crippen molar-refractivity contribution < 1.29 is 8.78 Å². The van der Waals surface area contributed by atoms with Gasteiger partial charge in [-0.3, -0.25) is 0 Å². The maximum atomic E-state index is 14.1. The van der Waals surface area contributed by atoms with Crippen molar-refractivity contribution in [2.75, 3.05) is 32.4 Å². The molecule has 5 heteroatoms. The molecule has 0 spiro atoms. The lowest BCUT2D eigenvalue weighted by molar-refractivity contribution is -0.0106. The first kappa shape index (κ1) is 12.8. The summed E-state index contributed by atoms with van der Waals surface area (Å²) in [7, 11) is 2.03. The normalized spacial score (nSPS) is 30.3. The topological polar surface area (TPSA) is 41.3 Å². The molecule has 104 valence electrons. The second kappa shape index (κ2) is 4.42. The number of hydrogen-bond acceptors (Lipinski definition) is 3. The molecule has 0 bridgehead atoms. The van der Waals surface area contributed by atoms with E-state index in [2.05, 4.69) is 10.2 Å². The van der Waals surface area contributed by atoms with Gasteiger partial charge in [0.05, 0.1) is 0 Å². The molecule has 1 aromatic carbocycles. The van der Waals surface area contributed by atoms with Gasteiger partial charge in [-0.2, -0.15) is 0 Å². The molecular formula is C14H19F2N3. The van der Waals surface area contributed by atoms with Crippen LogP contribution in [0.2, 0.25) is 0 Å². The summed E-state index contributed by atoms with van der Waals surface area (Å²) in [4.78, 5) is 2.19. The number of hydrogen-bond donors (Lipinski definition) is 2. The van der Waals surface area contributed by atoms with E-state index in [4.69, 9.17) is 5.73 Å². The molecule has 1 fully saturated rings. The van der Waals surface area contributed by atoms with Crippen molar-refractivity contribution >= 4 is 5.69 Å². The summed E-state index contributed by atoms with van der Waals surface area (Å²) < 4.78 is 28.2. The Bertz CT molecular complexity index is 490. The van der Waals surface area contributed by atoms with E-state index in [1.54, 1.807) is 12.1 Å². The summed E-state index contributed by atoms with van der Waals surface area (Å²) in [6.45, 7) is 2.63. The fraction of sp³-hybridized carbons (Fsp3) is 0.571. The third-order valence-corrected chi connectivity index (χ3v) is 4.24. The molecule has 1 aromatic rings. The Morgan fingerprint density at radius 2 is 2.21 bits per heavy atom. The average Bonchev–Trinajstić information content (AvgIpc) is 2.61. The minimum Gasteiger partial charge on any atom is -0.399 e. The van der Waals surface area contributed by atoms with Gasteiger partial charge >= 0.3 is 0 Å². The van der Waals surface area contributed by atoms with Gasteiger partial charge < -0.3 is 16.0 Å². The van der Waals surface area contributed by atoms with Crippen molar-refractivity contribution in [1.82, 2.24) is 10.2 Å². The molecule has 2 unspecified atom stereocenters. The lowest BCUT2D eigenvalue weighted by Gasteiger charge is -2.35. The van der Waals surface area contributed by atoms with E-state index in [0.29, 0.717) is 5.69 Å². The number of rotatable bonds is 1. The van der Waals surface area contributed by atoms with E-state index in [1.165, 1.54) is 6.07 Å². The Morgan fingerprint density at radius 1 is 1.42 bits per heavy atom. The molecule has 1 aliphatic heterocycles. The van der Waals surface area contributed by atoms with Crippen LogP contribution in [0.4, 0.5) is 14.5 Å². The van der Waals surface area contributed by atoms with Crippen LogP contribution < -0.4 is 11.1 Å². The van der Waals surface area contributed by atoms with Gasteiger partial charge in [-0.1, -0.05) is 6.07 Å². The zero-order chi connectivity index (χ0) is 13.6. The highest BCUT2D eigenvalue weighted by Gasteiger charge is 2.47. The van der Waals surface area contributed by atoms with Crippen LogP contribution >= 0.6 is 0 Å². The van der Waals surface area contributed by atoms with Crippen molar-refractivity contribution in [3.63, 3.8) is 0 Å². The van der Waals surface area contributed by atoms with Gasteiger partial charge in [-0.05, 0) is 24.7 Å². The van der Waals surface area contributed by atoms with E-state index < -0.39 is 5.92 Å². The van der Waals surface area contributed by atoms with Crippen LogP contribution in [0.1, 0.15) is 23.5 Å². The van der Waals surface area contributed by atoms with Crippen LogP contribution in [0.3, 0.4) is 0 Å². The number of anilines is 1. The van der Waals surface area contributed by atoms with Gasteiger partial charge in [0.25, 0.3) is 5.92 Å². The summed E-state index contributed by atoms with van der Waals surface area (Å²) >= 11 is 0. The molecule has 3 nitrogen and oxygen atoms in total. The SMILES string of the molecule is CN1CCNC(C2CC(F)(F)c3cc(N)ccc32)C1. The number of piperazine rings is 1. The first-order valence-electron chi connectivity index (χ1n) is 6.67. The van der Waals surface area contributed by atoms with Crippen LogP contribution in [0.5, 0.6) is 0 Å². The molecule has 3 N–H and O–H groups in total. The molecule has 2 atom stereocenters. The molecule has 0 radical (unpaired) electrons. The van der Waals surface area contributed by atoms with Crippen molar-refractivity contribution in [1.29, 1.82) is 0 Å². The largest absolute Gasteiger partial charge is 0.399 e. The second-order valence-corrected chi connectivity index (χ2v) is 5.68. The van der Waals surface area contributed by atoms with Gasteiger partial charge in [0.1, 0.15) is 0 Å². The number of alkyl halides is 2. The molecular weight excluding hydrogens is 248 g/mol. The number of benzene rings is 1. The number of likely N-dealkylation sites (N-methyl/N-ethyl adjacent to an activating group) is 1. The van der Waals surface area contributed by atoms with Crippen LogP contribution in [-0.2, 0) is 5.92 Å². The van der Waals surface area contributed by atoms with Gasteiger partial charge in [0.15, 0.2) is 0 Å². The minimum atomic E-state index is -2.76. The number of fused-ring (bicyclic) bond motifs is 1. The number of nitrogens with one attached hydrogen (secondary N) is 1. The van der Waals surface area contributed by atoms with Crippen molar-refractivity contribution in [2.45, 2.75) is 24.3 Å². The first-order chi connectivity index (χ1) is 8.97. The summed E-state index contributed by atoms with van der Waals surface area (Å²) in [5.41, 5.74) is 6.93. The Balaban J connectivity index is 1.94. The predicted octanol–water partition coefficient (Wildman–Crippen LogP) is 1.75. The molecule has 19 heavy (non-hydrogen) atoms. The Morgan fingerprint density at radius 3 is 2.95 bits per heavy atom. The fourth-order valence-electron chi connectivity index (χ4n) is 3.27. The lowest BCUT2D eigenvalue weighted by atomic mass is 9.91. The van der Waals surface area contributed by atoms with E-state index in [1.807, 2.05) is 7.05 Å². The molecule has 0 amide bonds. The molecule has 2 aliphatic rings. The van der Waals surface area contributed by atoms with Crippen LogP contribution in [0.15, 0.2) is 18.2 Å². The second-order valence-electron chi connectivity index (χ2n) is 5.68. The Hall–Kier alpha value is -1.20. The number of nitrogen functional groups attached to an aromatic ring is 1. The third-order valence-electron chi connectivity index (χ3n) is 4.24. The van der Waals surface area contributed by atoms with Crippen molar-refractivity contribution in [3.05, 3.63) is 29.3 Å². The van der Waals surface area contributed by atoms with Gasteiger partial charge in [-0.25, -0.2) is 8.78 Å².